The molecule has 5 heteroatoms. The largest absolute Gasteiger partial charge is 0.371 e. The molecule has 0 spiro atoms. The molecule has 1 unspecified atom stereocenters. The molecule has 1 aliphatic heterocycles. The van der Waals surface area contributed by atoms with E-state index in [1.807, 2.05) is 6.08 Å². The van der Waals surface area contributed by atoms with Gasteiger partial charge in [0.2, 0.25) is 0 Å². The minimum Gasteiger partial charge on any atom is -0.371 e. The Balaban J connectivity index is 1.88. The van der Waals surface area contributed by atoms with E-state index in [-0.39, 0.29) is 0 Å². The van der Waals surface area contributed by atoms with E-state index < -0.39 is 0 Å². The molecule has 4 nitrogen and oxygen atoms in total. The Hall–Kier alpha value is -1.49. The fourth-order valence-electron chi connectivity index (χ4n) is 2.62. The van der Waals surface area contributed by atoms with Gasteiger partial charge in [-0.25, -0.2) is 0 Å². The maximum absolute atomic E-state index is 4.69. The van der Waals surface area contributed by atoms with Crippen molar-refractivity contribution in [1.82, 2.24) is 10.6 Å². The van der Waals surface area contributed by atoms with E-state index in [0.717, 1.165) is 43.2 Å². The number of nitrogens with one attached hydrogen (secondary N) is 2. The van der Waals surface area contributed by atoms with Crippen LogP contribution in [-0.4, -0.2) is 38.7 Å². The summed E-state index contributed by atoms with van der Waals surface area (Å²) in [6.07, 6.45) is 3.04. The zero-order valence-corrected chi connectivity index (χ0v) is 14.8. The molecule has 0 amide bonds. The SMILES string of the molecule is C=CCNC(=NCC1CCN(c2cccc(Br)c2)C1)NCC. The highest BCUT2D eigenvalue weighted by Gasteiger charge is 2.22. The van der Waals surface area contributed by atoms with Crippen LogP contribution in [-0.2, 0) is 0 Å². The highest BCUT2D eigenvalue weighted by atomic mass is 79.9. The number of rotatable bonds is 6. The lowest BCUT2D eigenvalue weighted by Gasteiger charge is -2.18. The molecule has 0 saturated carbocycles. The number of hydrogen-bond donors (Lipinski definition) is 2. The number of anilines is 1. The summed E-state index contributed by atoms with van der Waals surface area (Å²) in [5.41, 5.74) is 1.29. The molecule has 1 aliphatic rings. The minimum atomic E-state index is 0.609. The van der Waals surface area contributed by atoms with E-state index in [0.29, 0.717) is 5.92 Å². The van der Waals surface area contributed by atoms with Gasteiger partial charge < -0.3 is 15.5 Å². The van der Waals surface area contributed by atoms with Gasteiger partial charge in [0.15, 0.2) is 5.96 Å². The quantitative estimate of drug-likeness (QED) is 0.463. The van der Waals surface area contributed by atoms with Gasteiger partial charge in [0.05, 0.1) is 0 Å². The number of hydrogen-bond acceptors (Lipinski definition) is 2. The van der Waals surface area contributed by atoms with Crippen LogP contribution in [0.2, 0.25) is 0 Å². The highest BCUT2D eigenvalue weighted by Crippen LogP contribution is 2.26. The predicted octanol–water partition coefficient (Wildman–Crippen LogP) is 3.02. The average molecular weight is 365 g/mol. The number of aliphatic imine (C=N–C) groups is 1. The number of halogens is 1. The molecule has 22 heavy (non-hydrogen) atoms. The van der Waals surface area contributed by atoms with Crippen LogP contribution in [0.15, 0.2) is 46.4 Å². The summed E-state index contributed by atoms with van der Waals surface area (Å²) in [4.78, 5) is 7.13. The van der Waals surface area contributed by atoms with Gasteiger partial charge in [-0.2, -0.15) is 0 Å². The molecular formula is C17H25BrN4. The van der Waals surface area contributed by atoms with Gasteiger partial charge >= 0.3 is 0 Å². The highest BCUT2D eigenvalue weighted by molar-refractivity contribution is 9.10. The van der Waals surface area contributed by atoms with E-state index in [4.69, 9.17) is 0 Å². The lowest BCUT2D eigenvalue weighted by Crippen LogP contribution is -2.37. The van der Waals surface area contributed by atoms with Gasteiger partial charge in [-0.1, -0.05) is 28.1 Å². The summed E-state index contributed by atoms with van der Waals surface area (Å²) in [6.45, 7) is 10.4. The molecule has 0 aromatic heterocycles. The fourth-order valence-corrected chi connectivity index (χ4v) is 3.01. The Labute approximate surface area is 141 Å². The van der Waals surface area contributed by atoms with Crippen molar-refractivity contribution in [3.63, 3.8) is 0 Å². The number of guanidine groups is 1. The van der Waals surface area contributed by atoms with Crippen LogP contribution in [0, 0.1) is 5.92 Å². The monoisotopic (exact) mass is 364 g/mol. The molecule has 1 fully saturated rings. The second-order valence-corrected chi connectivity index (χ2v) is 6.39. The Morgan fingerprint density at radius 3 is 3.09 bits per heavy atom. The van der Waals surface area contributed by atoms with Gasteiger partial charge in [-0.05, 0) is 37.5 Å². The minimum absolute atomic E-state index is 0.609. The second kappa shape index (κ2) is 8.83. The first-order chi connectivity index (χ1) is 10.7. The molecule has 2 N–H and O–H groups in total. The van der Waals surface area contributed by atoms with Crippen LogP contribution < -0.4 is 15.5 Å². The number of benzene rings is 1. The van der Waals surface area contributed by atoms with Gasteiger partial charge in [0.25, 0.3) is 0 Å². The third kappa shape index (κ3) is 5.05. The Kier molecular flexibility index (Phi) is 6.77. The molecule has 1 heterocycles. The van der Waals surface area contributed by atoms with Crippen molar-refractivity contribution >= 4 is 27.6 Å². The van der Waals surface area contributed by atoms with Gasteiger partial charge in [-0.3, -0.25) is 4.99 Å². The molecule has 120 valence electrons. The van der Waals surface area contributed by atoms with Crippen molar-refractivity contribution in [2.45, 2.75) is 13.3 Å². The summed E-state index contributed by atoms with van der Waals surface area (Å²) in [7, 11) is 0. The van der Waals surface area contributed by atoms with Crippen LogP contribution in [0.3, 0.4) is 0 Å². The van der Waals surface area contributed by atoms with Crippen molar-refractivity contribution in [1.29, 1.82) is 0 Å². The lowest BCUT2D eigenvalue weighted by atomic mass is 10.1. The van der Waals surface area contributed by atoms with Crippen molar-refractivity contribution < 1.29 is 0 Å². The van der Waals surface area contributed by atoms with E-state index >= 15 is 0 Å². The summed E-state index contributed by atoms with van der Waals surface area (Å²) in [5, 5.41) is 6.51. The number of nitrogens with zero attached hydrogens (tertiary/aromatic N) is 2. The molecule has 1 saturated heterocycles. The molecule has 1 aromatic rings. The van der Waals surface area contributed by atoms with Gasteiger partial charge in [-0.15, -0.1) is 6.58 Å². The van der Waals surface area contributed by atoms with Gasteiger partial charge in [0, 0.05) is 42.9 Å². The summed E-state index contributed by atoms with van der Waals surface area (Å²) in [6, 6.07) is 8.51. The second-order valence-electron chi connectivity index (χ2n) is 5.47. The van der Waals surface area contributed by atoms with E-state index in [1.165, 1.54) is 12.1 Å². The molecule has 1 aromatic carbocycles. The van der Waals surface area contributed by atoms with E-state index in [2.05, 4.69) is 74.2 Å². The molecule has 2 rings (SSSR count). The van der Waals surface area contributed by atoms with E-state index in [1.54, 1.807) is 0 Å². The first kappa shape index (κ1) is 16.9. The van der Waals surface area contributed by atoms with Crippen molar-refractivity contribution in [3.05, 3.63) is 41.4 Å². The smallest absolute Gasteiger partial charge is 0.191 e. The zero-order chi connectivity index (χ0) is 15.8. The fraction of sp³-hybridized carbons (Fsp3) is 0.471. The van der Waals surface area contributed by atoms with Crippen molar-refractivity contribution in [3.8, 4) is 0 Å². The summed E-state index contributed by atoms with van der Waals surface area (Å²) >= 11 is 3.54. The third-order valence-electron chi connectivity index (χ3n) is 3.72. The molecule has 0 aliphatic carbocycles. The van der Waals surface area contributed by atoms with Crippen LogP contribution in [0.25, 0.3) is 0 Å². The normalized spacial score (nSPS) is 18.4. The maximum atomic E-state index is 4.69. The molecule has 0 bridgehead atoms. The van der Waals surface area contributed by atoms with Crippen molar-refractivity contribution in [2.75, 3.05) is 37.6 Å². The Morgan fingerprint density at radius 2 is 2.36 bits per heavy atom. The first-order valence-electron chi connectivity index (χ1n) is 7.86. The summed E-state index contributed by atoms with van der Waals surface area (Å²) in [5.74, 6) is 1.49. The molecular weight excluding hydrogens is 340 g/mol. The Morgan fingerprint density at radius 1 is 1.50 bits per heavy atom. The van der Waals surface area contributed by atoms with Crippen LogP contribution in [0.4, 0.5) is 5.69 Å². The Bertz CT molecular complexity index is 515. The summed E-state index contributed by atoms with van der Waals surface area (Å²) < 4.78 is 1.13. The molecule has 1 atom stereocenters. The zero-order valence-electron chi connectivity index (χ0n) is 13.2. The first-order valence-corrected chi connectivity index (χ1v) is 8.65. The average Bonchev–Trinajstić information content (AvgIpc) is 2.99. The maximum Gasteiger partial charge on any atom is 0.191 e. The van der Waals surface area contributed by atoms with Crippen molar-refractivity contribution in [2.24, 2.45) is 10.9 Å². The van der Waals surface area contributed by atoms with Crippen LogP contribution in [0.5, 0.6) is 0 Å². The lowest BCUT2D eigenvalue weighted by molar-refractivity contribution is 0.600. The topological polar surface area (TPSA) is 39.7 Å². The van der Waals surface area contributed by atoms with Crippen LogP contribution >= 0.6 is 15.9 Å². The standard InChI is InChI=1S/C17H25BrN4/c1-3-9-20-17(19-4-2)21-12-14-8-10-22(13-14)16-7-5-6-15(18)11-16/h3,5-7,11,14H,1,4,8-10,12-13H2,2H3,(H2,19,20,21). The third-order valence-corrected chi connectivity index (χ3v) is 4.22. The predicted molar refractivity (Wildman–Crippen MR) is 98.6 cm³/mol. The molecule has 0 radical (unpaired) electrons. The van der Waals surface area contributed by atoms with Gasteiger partial charge in [0.1, 0.15) is 0 Å². The van der Waals surface area contributed by atoms with Crippen LogP contribution in [0.1, 0.15) is 13.3 Å². The van der Waals surface area contributed by atoms with E-state index in [9.17, 15) is 0 Å².